The van der Waals surface area contributed by atoms with Gasteiger partial charge in [0.05, 0.1) is 4.88 Å². The number of carbonyl (C=O) groups is 1. The Bertz CT molecular complexity index is 345. The van der Waals surface area contributed by atoms with Crippen LogP contribution in [0.25, 0.3) is 0 Å². The van der Waals surface area contributed by atoms with Crippen LogP contribution in [0.15, 0.2) is 17.5 Å². The fourth-order valence-corrected chi connectivity index (χ4v) is 2.93. The summed E-state index contributed by atoms with van der Waals surface area (Å²) in [6, 6.07) is 4.41. The van der Waals surface area contributed by atoms with Gasteiger partial charge in [-0.15, -0.1) is 11.3 Å². The first-order valence-electron chi connectivity index (χ1n) is 6.74. The second kappa shape index (κ2) is 7.67. The second-order valence-corrected chi connectivity index (χ2v) is 5.69. The predicted octanol–water partition coefficient (Wildman–Crippen LogP) is 2.87. The van der Waals surface area contributed by atoms with Crippen LogP contribution in [-0.4, -0.2) is 31.6 Å². The van der Waals surface area contributed by atoms with Gasteiger partial charge in [-0.25, -0.2) is 0 Å². The number of ether oxygens (including phenoxy) is 1. The van der Waals surface area contributed by atoms with Crippen molar-refractivity contribution in [2.24, 2.45) is 0 Å². The highest BCUT2D eigenvalue weighted by atomic mass is 32.1. The van der Waals surface area contributed by atoms with Crippen molar-refractivity contribution in [2.45, 2.75) is 38.1 Å². The molecule has 1 aromatic heterocycles. The van der Waals surface area contributed by atoms with E-state index >= 15 is 0 Å². The minimum absolute atomic E-state index is 0.0980. The summed E-state index contributed by atoms with van der Waals surface area (Å²) in [5.74, 6) is 0.0980. The van der Waals surface area contributed by atoms with E-state index in [4.69, 9.17) is 4.74 Å². The summed E-state index contributed by atoms with van der Waals surface area (Å²) in [5.41, 5.74) is 0. The summed E-state index contributed by atoms with van der Waals surface area (Å²) >= 11 is 1.48. The van der Waals surface area contributed by atoms with E-state index in [1.165, 1.54) is 30.6 Å². The van der Waals surface area contributed by atoms with Crippen molar-refractivity contribution in [2.75, 3.05) is 19.8 Å². The molecule has 0 aliphatic carbocycles. The smallest absolute Gasteiger partial charge is 0.198 e. The van der Waals surface area contributed by atoms with E-state index in [1.807, 2.05) is 17.5 Å². The Morgan fingerprint density at radius 3 is 3.17 bits per heavy atom. The lowest BCUT2D eigenvalue weighted by molar-refractivity contribution is 0.0752. The largest absolute Gasteiger partial charge is 0.373 e. The van der Waals surface area contributed by atoms with Gasteiger partial charge < -0.3 is 10.1 Å². The van der Waals surface area contributed by atoms with Crippen LogP contribution in [0.5, 0.6) is 0 Å². The molecule has 1 atom stereocenters. The van der Waals surface area contributed by atoms with Gasteiger partial charge >= 0.3 is 0 Å². The van der Waals surface area contributed by atoms with Gasteiger partial charge in [0.15, 0.2) is 5.78 Å². The van der Waals surface area contributed by atoms with Crippen molar-refractivity contribution < 1.29 is 9.53 Å². The highest BCUT2D eigenvalue weighted by molar-refractivity contribution is 7.12. The van der Waals surface area contributed by atoms with Crippen molar-refractivity contribution in [3.63, 3.8) is 0 Å². The van der Waals surface area contributed by atoms with Crippen molar-refractivity contribution in [1.82, 2.24) is 5.32 Å². The molecule has 1 N–H and O–H groups in total. The number of hydrogen-bond acceptors (Lipinski definition) is 4. The van der Waals surface area contributed by atoms with Crippen LogP contribution in [-0.2, 0) is 4.74 Å². The molecule has 1 aromatic rings. The second-order valence-electron chi connectivity index (χ2n) is 4.74. The van der Waals surface area contributed by atoms with E-state index in [0.29, 0.717) is 12.6 Å². The Balaban J connectivity index is 1.52. The highest BCUT2D eigenvalue weighted by Gasteiger charge is 2.12. The van der Waals surface area contributed by atoms with E-state index in [1.54, 1.807) is 0 Å². The van der Waals surface area contributed by atoms with Crippen LogP contribution in [0.3, 0.4) is 0 Å². The van der Waals surface area contributed by atoms with Crippen molar-refractivity contribution >= 4 is 17.1 Å². The zero-order valence-electron chi connectivity index (χ0n) is 10.7. The molecule has 0 aromatic carbocycles. The van der Waals surface area contributed by atoms with Crippen LogP contribution in [0.4, 0.5) is 0 Å². The maximum absolute atomic E-state index is 11.6. The third-order valence-electron chi connectivity index (χ3n) is 3.28. The highest BCUT2D eigenvalue weighted by Crippen LogP contribution is 2.12. The van der Waals surface area contributed by atoms with Crippen LogP contribution < -0.4 is 5.32 Å². The number of Topliss-reactive ketones (excluding diaryl/α,β-unsaturated/α-hetero) is 1. The standard InChI is InChI=1S/C14H21NO2S/c16-13(14-7-4-10-18-14)11-17-9-3-6-12-5-1-2-8-15-12/h4,7,10,12,15H,1-3,5-6,8-9,11H2/t12-/m1/s1. The third-order valence-corrected chi connectivity index (χ3v) is 4.19. The molecule has 1 fully saturated rings. The molecule has 1 aliphatic heterocycles. The van der Waals surface area contributed by atoms with E-state index in [0.717, 1.165) is 24.3 Å². The zero-order valence-corrected chi connectivity index (χ0v) is 11.5. The Kier molecular flexibility index (Phi) is 5.84. The number of piperidine rings is 1. The monoisotopic (exact) mass is 267 g/mol. The Morgan fingerprint density at radius 1 is 1.50 bits per heavy atom. The van der Waals surface area contributed by atoms with E-state index < -0.39 is 0 Å². The van der Waals surface area contributed by atoms with Gasteiger partial charge in [-0.05, 0) is 43.7 Å². The SMILES string of the molecule is O=C(COCCC[C@H]1CCCCN1)c1cccs1. The minimum Gasteiger partial charge on any atom is -0.373 e. The average Bonchev–Trinajstić information content (AvgIpc) is 2.93. The van der Waals surface area contributed by atoms with Gasteiger partial charge in [-0.3, -0.25) is 4.79 Å². The molecule has 0 saturated carbocycles. The topological polar surface area (TPSA) is 38.3 Å². The van der Waals surface area contributed by atoms with Gasteiger partial charge in [0.25, 0.3) is 0 Å². The molecule has 1 aliphatic rings. The molecule has 4 heteroatoms. The van der Waals surface area contributed by atoms with Crippen LogP contribution in [0.2, 0.25) is 0 Å². The van der Waals surface area contributed by atoms with Crippen molar-refractivity contribution in [3.8, 4) is 0 Å². The summed E-state index contributed by atoms with van der Waals surface area (Å²) < 4.78 is 5.44. The summed E-state index contributed by atoms with van der Waals surface area (Å²) in [6.45, 7) is 2.07. The van der Waals surface area contributed by atoms with Crippen LogP contribution >= 0.6 is 11.3 Å². The number of nitrogens with one attached hydrogen (secondary N) is 1. The summed E-state index contributed by atoms with van der Waals surface area (Å²) in [7, 11) is 0. The number of rotatable bonds is 7. The molecule has 0 bridgehead atoms. The van der Waals surface area contributed by atoms with Gasteiger partial charge in [0, 0.05) is 12.6 Å². The first kappa shape index (κ1) is 13.7. The van der Waals surface area contributed by atoms with Gasteiger partial charge in [-0.1, -0.05) is 12.5 Å². The fourth-order valence-electron chi connectivity index (χ4n) is 2.28. The fraction of sp³-hybridized carbons (Fsp3) is 0.643. The number of thiophene rings is 1. The normalized spacial score (nSPS) is 19.9. The van der Waals surface area contributed by atoms with Gasteiger partial charge in [-0.2, -0.15) is 0 Å². The molecule has 2 rings (SSSR count). The van der Waals surface area contributed by atoms with Crippen LogP contribution in [0.1, 0.15) is 41.8 Å². The Labute approximate surface area is 113 Å². The average molecular weight is 267 g/mol. The Hall–Kier alpha value is -0.710. The third kappa shape index (κ3) is 4.52. The molecule has 3 nitrogen and oxygen atoms in total. The van der Waals surface area contributed by atoms with E-state index in [-0.39, 0.29) is 12.4 Å². The maximum atomic E-state index is 11.6. The molecule has 0 amide bonds. The summed E-state index contributed by atoms with van der Waals surface area (Å²) in [5, 5.41) is 5.44. The quantitative estimate of drug-likeness (QED) is 0.610. The molecular weight excluding hydrogens is 246 g/mol. The first-order valence-corrected chi connectivity index (χ1v) is 7.62. The lowest BCUT2D eigenvalue weighted by atomic mass is 10.0. The summed E-state index contributed by atoms with van der Waals surface area (Å²) in [6.07, 6.45) is 6.13. The molecular formula is C14H21NO2S. The van der Waals surface area contributed by atoms with Gasteiger partial charge in [0.1, 0.15) is 6.61 Å². The van der Waals surface area contributed by atoms with E-state index in [9.17, 15) is 4.79 Å². The Morgan fingerprint density at radius 2 is 2.44 bits per heavy atom. The molecule has 18 heavy (non-hydrogen) atoms. The lowest BCUT2D eigenvalue weighted by Gasteiger charge is -2.23. The molecule has 0 unspecified atom stereocenters. The molecule has 1 saturated heterocycles. The number of hydrogen-bond donors (Lipinski definition) is 1. The zero-order chi connectivity index (χ0) is 12.6. The minimum atomic E-state index is 0.0980. The molecule has 0 radical (unpaired) electrons. The van der Waals surface area contributed by atoms with Crippen molar-refractivity contribution in [3.05, 3.63) is 22.4 Å². The number of ketones is 1. The molecule has 2 heterocycles. The summed E-state index contributed by atoms with van der Waals surface area (Å²) in [4.78, 5) is 12.4. The predicted molar refractivity (Wildman–Crippen MR) is 74.3 cm³/mol. The molecule has 100 valence electrons. The van der Waals surface area contributed by atoms with Crippen LogP contribution in [0, 0.1) is 0 Å². The van der Waals surface area contributed by atoms with Crippen molar-refractivity contribution in [1.29, 1.82) is 0 Å². The lowest BCUT2D eigenvalue weighted by Crippen LogP contribution is -2.34. The van der Waals surface area contributed by atoms with Gasteiger partial charge in [0.2, 0.25) is 0 Å². The molecule has 0 spiro atoms. The number of carbonyl (C=O) groups excluding carboxylic acids is 1. The van der Waals surface area contributed by atoms with E-state index in [2.05, 4.69) is 5.32 Å². The maximum Gasteiger partial charge on any atom is 0.198 e. The first-order chi connectivity index (χ1) is 8.86.